The van der Waals surface area contributed by atoms with Crippen LogP contribution in [0, 0.1) is 13.8 Å². The molecule has 0 aromatic heterocycles. The van der Waals surface area contributed by atoms with Crippen molar-refractivity contribution in [2.75, 3.05) is 13.7 Å². The average Bonchev–Trinajstić information content (AvgIpc) is 2.10. The van der Waals surface area contributed by atoms with E-state index in [4.69, 9.17) is 4.74 Å². The molecular formula is C12H18O. The zero-order valence-electron chi connectivity index (χ0n) is 8.92. The van der Waals surface area contributed by atoms with Gasteiger partial charge in [-0.2, -0.15) is 0 Å². The number of rotatable bonds is 3. The van der Waals surface area contributed by atoms with Crippen molar-refractivity contribution in [2.45, 2.75) is 26.7 Å². The van der Waals surface area contributed by atoms with Crippen LogP contribution < -0.4 is 0 Å². The highest BCUT2D eigenvalue weighted by molar-refractivity contribution is 5.35. The number of hydrogen-bond acceptors (Lipinski definition) is 1. The molecule has 0 heterocycles. The maximum absolute atomic E-state index is 5.15. The molecule has 1 rings (SSSR count). The van der Waals surface area contributed by atoms with Crippen LogP contribution in [-0.2, 0) is 4.74 Å². The quantitative estimate of drug-likeness (QED) is 0.691. The van der Waals surface area contributed by atoms with Crippen LogP contribution in [-0.4, -0.2) is 13.7 Å². The summed E-state index contributed by atoms with van der Waals surface area (Å²) in [5.74, 6) is 0.491. The minimum Gasteiger partial charge on any atom is -0.384 e. The molecular weight excluding hydrogens is 160 g/mol. The number of aryl methyl sites for hydroxylation is 1. The first kappa shape index (κ1) is 10.3. The van der Waals surface area contributed by atoms with Gasteiger partial charge in [-0.1, -0.05) is 25.1 Å². The third-order valence-corrected chi connectivity index (χ3v) is 2.59. The van der Waals surface area contributed by atoms with Crippen LogP contribution in [0.5, 0.6) is 0 Å². The van der Waals surface area contributed by atoms with Crippen molar-refractivity contribution in [3.63, 3.8) is 0 Å². The number of ether oxygens (including phenoxy) is 1. The van der Waals surface area contributed by atoms with Crippen LogP contribution in [0.25, 0.3) is 0 Å². The fourth-order valence-corrected chi connectivity index (χ4v) is 1.65. The third-order valence-electron chi connectivity index (χ3n) is 2.59. The molecule has 0 N–H and O–H groups in total. The standard InChI is InChI=1S/C12H18O/c1-9-6-5-7-12(11(9)3)10(2)8-13-4/h5-7,10H,8H2,1-4H3. The minimum absolute atomic E-state index is 0.491. The second-order valence-corrected chi connectivity index (χ2v) is 3.65. The summed E-state index contributed by atoms with van der Waals surface area (Å²) in [6.45, 7) is 7.32. The van der Waals surface area contributed by atoms with E-state index in [1.807, 2.05) is 0 Å². The van der Waals surface area contributed by atoms with Gasteiger partial charge in [0.05, 0.1) is 6.61 Å². The molecule has 1 aromatic rings. The summed E-state index contributed by atoms with van der Waals surface area (Å²) in [5.41, 5.74) is 4.16. The summed E-state index contributed by atoms with van der Waals surface area (Å²) in [6, 6.07) is 6.45. The van der Waals surface area contributed by atoms with E-state index >= 15 is 0 Å². The zero-order valence-corrected chi connectivity index (χ0v) is 8.92. The van der Waals surface area contributed by atoms with E-state index in [0.717, 1.165) is 6.61 Å². The average molecular weight is 178 g/mol. The van der Waals surface area contributed by atoms with Gasteiger partial charge in [0.15, 0.2) is 0 Å². The molecule has 0 amide bonds. The van der Waals surface area contributed by atoms with Crippen molar-refractivity contribution in [1.82, 2.24) is 0 Å². The first-order valence-electron chi connectivity index (χ1n) is 4.72. The van der Waals surface area contributed by atoms with E-state index < -0.39 is 0 Å². The highest BCUT2D eigenvalue weighted by atomic mass is 16.5. The van der Waals surface area contributed by atoms with Crippen molar-refractivity contribution in [1.29, 1.82) is 0 Å². The van der Waals surface area contributed by atoms with E-state index in [2.05, 4.69) is 39.0 Å². The predicted molar refractivity (Wildman–Crippen MR) is 56.2 cm³/mol. The Morgan fingerprint density at radius 2 is 2.00 bits per heavy atom. The van der Waals surface area contributed by atoms with Gasteiger partial charge in [-0.15, -0.1) is 0 Å². The molecule has 0 aliphatic rings. The van der Waals surface area contributed by atoms with Crippen LogP contribution in [0.15, 0.2) is 18.2 Å². The van der Waals surface area contributed by atoms with Crippen LogP contribution in [0.3, 0.4) is 0 Å². The van der Waals surface area contributed by atoms with Crippen LogP contribution in [0.1, 0.15) is 29.5 Å². The lowest BCUT2D eigenvalue weighted by molar-refractivity contribution is 0.184. The highest BCUT2D eigenvalue weighted by Gasteiger charge is 2.08. The molecule has 1 nitrogen and oxygen atoms in total. The fourth-order valence-electron chi connectivity index (χ4n) is 1.65. The molecule has 0 aliphatic heterocycles. The summed E-state index contributed by atoms with van der Waals surface area (Å²) in [7, 11) is 1.75. The van der Waals surface area contributed by atoms with Gasteiger partial charge < -0.3 is 4.74 Å². The van der Waals surface area contributed by atoms with Gasteiger partial charge in [0.2, 0.25) is 0 Å². The van der Waals surface area contributed by atoms with Gasteiger partial charge >= 0.3 is 0 Å². The van der Waals surface area contributed by atoms with E-state index in [0.29, 0.717) is 5.92 Å². The Kier molecular flexibility index (Phi) is 3.49. The van der Waals surface area contributed by atoms with E-state index in [1.54, 1.807) is 7.11 Å². The second-order valence-electron chi connectivity index (χ2n) is 3.65. The molecule has 0 bridgehead atoms. The van der Waals surface area contributed by atoms with Crippen molar-refractivity contribution in [3.05, 3.63) is 34.9 Å². The topological polar surface area (TPSA) is 9.23 Å². The second kappa shape index (κ2) is 4.43. The monoisotopic (exact) mass is 178 g/mol. The molecule has 0 radical (unpaired) electrons. The molecule has 13 heavy (non-hydrogen) atoms. The maximum atomic E-state index is 5.15. The summed E-state index contributed by atoms with van der Waals surface area (Å²) >= 11 is 0. The number of benzene rings is 1. The Bertz CT molecular complexity index is 278. The minimum atomic E-state index is 0.491. The summed E-state index contributed by atoms with van der Waals surface area (Å²) < 4.78 is 5.15. The van der Waals surface area contributed by atoms with Gasteiger partial charge in [0.25, 0.3) is 0 Å². The van der Waals surface area contributed by atoms with E-state index in [-0.39, 0.29) is 0 Å². The van der Waals surface area contributed by atoms with Crippen molar-refractivity contribution in [2.24, 2.45) is 0 Å². The van der Waals surface area contributed by atoms with Crippen molar-refractivity contribution >= 4 is 0 Å². The van der Waals surface area contributed by atoms with Crippen LogP contribution >= 0.6 is 0 Å². The summed E-state index contributed by atoms with van der Waals surface area (Å²) in [4.78, 5) is 0. The Balaban J connectivity index is 2.93. The Morgan fingerprint density at radius 3 is 2.62 bits per heavy atom. The molecule has 0 saturated carbocycles. The highest BCUT2D eigenvalue weighted by Crippen LogP contribution is 2.21. The first-order valence-corrected chi connectivity index (χ1v) is 4.72. The molecule has 1 heteroatoms. The van der Waals surface area contributed by atoms with Gasteiger partial charge in [0, 0.05) is 13.0 Å². The van der Waals surface area contributed by atoms with Gasteiger partial charge in [-0.05, 0) is 30.5 Å². The molecule has 0 spiro atoms. The predicted octanol–water partition coefficient (Wildman–Crippen LogP) is 3.05. The molecule has 0 saturated heterocycles. The van der Waals surface area contributed by atoms with Crippen LogP contribution in [0.4, 0.5) is 0 Å². The Morgan fingerprint density at radius 1 is 1.31 bits per heavy atom. The molecule has 0 fully saturated rings. The van der Waals surface area contributed by atoms with Crippen LogP contribution in [0.2, 0.25) is 0 Å². The number of methoxy groups -OCH3 is 1. The van der Waals surface area contributed by atoms with Gasteiger partial charge in [0.1, 0.15) is 0 Å². The number of hydrogen-bond donors (Lipinski definition) is 0. The lowest BCUT2D eigenvalue weighted by Crippen LogP contribution is -2.04. The van der Waals surface area contributed by atoms with Gasteiger partial charge in [-0.3, -0.25) is 0 Å². The Labute approximate surface area is 80.7 Å². The zero-order chi connectivity index (χ0) is 9.84. The molecule has 72 valence electrons. The van der Waals surface area contributed by atoms with E-state index in [9.17, 15) is 0 Å². The SMILES string of the molecule is COCC(C)c1cccc(C)c1C. The summed E-state index contributed by atoms with van der Waals surface area (Å²) in [6.07, 6.45) is 0. The molecule has 1 atom stereocenters. The fraction of sp³-hybridized carbons (Fsp3) is 0.500. The smallest absolute Gasteiger partial charge is 0.0528 e. The first-order chi connectivity index (χ1) is 6.16. The molecule has 1 aromatic carbocycles. The third kappa shape index (κ3) is 2.31. The Hall–Kier alpha value is -0.820. The van der Waals surface area contributed by atoms with Crippen molar-refractivity contribution in [3.8, 4) is 0 Å². The summed E-state index contributed by atoms with van der Waals surface area (Å²) in [5, 5.41) is 0. The maximum Gasteiger partial charge on any atom is 0.0528 e. The lowest BCUT2D eigenvalue weighted by Gasteiger charge is -2.14. The molecule has 0 aliphatic carbocycles. The molecule has 1 unspecified atom stereocenters. The van der Waals surface area contributed by atoms with Crippen molar-refractivity contribution < 1.29 is 4.74 Å². The lowest BCUT2D eigenvalue weighted by atomic mass is 9.94. The van der Waals surface area contributed by atoms with E-state index in [1.165, 1.54) is 16.7 Å². The largest absolute Gasteiger partial charge is 0.384 e. The normalized spacial score (nSPS) is 12.9. The van der Waals surface area contributed by atoms with Gasteiger partial charge in [-0.25, -0.2) is 0 Å².